The Hall–Kier alpha value is -2.09. The maximum absolute atomic E-state index is 12.1. The zero-order chi connectivity index (χ0) is 14.7. The van der Waals surface area contributed by atoms with Crippen LogP contribution in [0, 0.1) is 24.2 Å². The molecule has 0 saturated heterocycles. The molecular weight excluding hydrogens is 244 g/mol. The summed E-state index contributed by atoms with van der Waals surface area (Å²) in [6.45, 7) is 7.07. The Kier molecular flexibility index (Phi) is 4.49. The van der Waals surface area contributed by atoms with Gasteiger partial charge in [-0.25, -0.2) is 0 Å². The fraction of sp³-hybridized carbons (Fsp3) is 0.500. The van der Waals surface area contributed by atoms with Gasteiger partial charge in [0.2, 0.25) is 5.88 Å². The Morgan fingerprint density at radius 2 is 2.05 bits per heavy atom. The van der Waals surface area contributed by atoms with E-state index in [1.165, 1.54) is 6.92 Å². The second-order valence-corrected chi connectivity index (χ2v) is 4.79. The van der Waals surface area contributed by atoms with Crippen molar-refractivity contribution in [1.82, 2.24) is 4.57 Å². The minimum absolute atomic E-state index is 0.0738. The van der Waals surface area contributed by atoms with Crippen molar-refractivity contribution < 1.29 is 9.90 Å². The minimum Gasteiger partial charge on any atom is -0.494 e. The van der Waals surface area contributed by atoms with Crippen LogP contribution in [0.15, 0.2) is 4.79 Å². The maximum atomic E-state index is 12.1. The van der Waals surface area contributed by atoms with Crippen molar-refractivity contribution in [2.24, 2.45) is 5.92 Å². The molecule has 0 aromatic carbocycles. The van der Waals surface area contributed by atoms with Crippen LogP contribution in [0.2, 0.25) is 0 Å². The number of carbonyl (C=O) groups excluding carboxylic acids is 1. The third kappa shape index (κ3) is 2.53. The Bertz CT molecular complexity index is 607. The summed E-state index contributed by atoms with van der Waals surface area (Å²) < 4.78 is 1.10. The van der Waals surface area contributed by atoms with Gasteiger partial charge in [-0.1, -0.05) is 20.8 Å². The van der Waals surface area contributed by atoms with Crippen molar-refractivity contribution in [3.8, 4) is 11.9 Å². The second-order valence-electron chi connectivity index (χ2n) is 4.79. The molecule has 0 unspecified atom stereocenters. The van der Waals surface area contributed by atoms with Gasteiger partial charge in [0.05, 0.1) is 5.56 Å². The largest absolute Gasteiger partial charge is 0.494 e. The van der Waals surface area contributed by atoms with Crippen LogP contribution in [0.1, 0.15) is 48.7 Å². The third-order valence-corrected chi connectivity index (χ3v) is 3.02. The molecule has 0 radical (unpaired) electrons. The lowest BCUT2D eigenvalue weighted by atomic mass is 9.95. The molecule has 1 aromatic rings. The fourth-order valence-corrected chi connectivity index (χ4v) is 1.97. The van der Waals surface area contributed by atoms with Gasteiger partial charge in [-0.3, -0.25) is 14.2 Å². The number of ketones is 1. The number of hydrogen-bond acceptors (Lipinski definition) is 4. The minimum atomic E-state index is -0.542. The molecule has 1 N–H and O–H groups in total. The summed E-state index contributed by atoms with van der Waals surface area (Å²) in [6, 6.07) is 1.83. The van der Waals surface area contributed by atoms with Crippen molar-refractivity contribution in [1.29, 1.82) is 5.26 Å². The van der Waals surface area contributed by atoms with Crippen LogP contribution in [0.3, 0.4) is 0 Å². The zero-order valence-corrected chi connectivity index (χ0v) is 11.6. The molecule has 0 fully saturated rings. The van der Waals surface area contributed by atoms with Gasteiger partial charge in [0.15, 0.2) is 5.78 Å². The maximum Gasteiger partial charge on any atom is 0.271 e. The van der Waals surface area contributed by atoms with E-state index < -0.39 is 5.56 Å². The van der Waals surface area contributed by atoms with Gasteiger partial charge in [0, 0.05) is 12.5 Å². The molecule has 102 valence electrons. The van der Waals surface area contributed by atoms with Gasteiger partial charge in [-0.05, 0) is 18.9 Å². The predicted octanol–water partition coefficient (Wildman–Crippen LogP) is 1.98. The molecule has 0 aliphatic heterocycles. The average Bonchev–Trinajstić information content (AvgIpc) is 2.35. The van der Waals surface area contributed by atoms with Gasteiger partial charge in [0.1, 0.15) is 11.6 Å². The molecule has 0 saturated carbocycles. The molecule has 0 aliphatic carbocycles. The molecule has 1 aromatic heterocycles. The van der Waals surface area contributed by atoms with Crippen LogP contribution in [0.5, 0.6) is 5.88 Å². The topological polar surface area (TPSA) is 83.1 Å². The van der Waals surface area contributed by atoms with Crippen LogP contribution < -0.4 is 5.56 Å². The fourth-order valence-electron chi connectivity index (χ4n) is 1.97. The molecule has 1 heterocycles. The highest BCUT2D eigenvalue weighted by molar-refractivity contribution is 6.01. The van der Waals surface area contributed by atoms with Crippen molar-refractivity contribution >= 4 is 5.78 Å². The summed E-state index contributed by atoms with van der Waals surface area (Å²) in [4.78, 5) is 24.2. The SMILES string of the molecule is CCCn1c(O)c(C(=O)C(C)C)c(C)c(C#N)c1=O. The van der Waals surface area contributed by atoms with Gasteiger partial charge >= 0.3 is 0 Å². The van der Waals surface area contributed by atoms with Crippen molar-refractivity contribution in [3.63, 3.8) is 0 Å². The predicted molar refractivity (Wildman–Crippen MR) is 71.3 cm³/mol. The van der Waals surface area contributed by atoms with E-state index in [-0.39, 0.29) is 40.8 Å². The van der Waals surface area contributed by atoms with E-state index >= 15 is 0 Å². The summed E-state index contributed by atoms with van der Waals surface area (Å²) in [5.74, 6) is -0.915. The molecular formula is C14H18N2O3. The van der Waals surface area contributed by atoms with Crippen LogP contribution in [0.4, 0.5) is 0 Å². The van der Waals surface area contributed by atoms with E-state index in [4.69, 9.17) is 5.26 Å². The molecule has 0 aliphatic rings. The van der Waals surface area contributed by atoms with Crippen LogP contribution >= 0.6 is 0 Å². The zero-order valence-electron chi connectivity index (χ0n) is 11.6. The van der Waals surface area contributed by atoms with E-state index in [1.54, 1.807) is 13.8 Å². The highest BCUT2D eigenvalue weighted by atomic mass is 16.3. The summed E-state index contributed by atoms with van der Waals surface area (Å²) in [7, 11) is 0. The van der Waals surface area contributed by atoms with E-state index in [2.05, 4.69) is 0 Å². The second kappa shape index (κ2) is 5.70. The summed E-state index contributed by atoms with van der Waals surface area (Å²) in [5.41, 5.74) is -0.273. The highest BCUT2D eigenvalue weighted by Gasteiger charge is 2.24. The normalized spacial score (nSPS) is 10.5. The molecule has 19 heavy (non-hydrogen) atoms. The Labute approximate surface area is 112 Å². The Morgan fingerprint density at radius 3 is 2.47 bits per heavy atom. The first-order chi connectivity index (χ1) is 8.86. The molecule has 5 heteroatoms. The summed E-state index contributed by atoms with van der Waals surface area (Å²) >= 11 is 0. The first-order valence-corrected chi connectivity index (χ1v) is 6.27. The Balaban J connectivity index is 3.74. The van der Waals surface area contributed by atoms with Crippen molar-refractivity contribution in [2.45, 2.75) is 40.7 Å². The van der Waals surface area contributed by atoms with E-state index in [1.807, 2.05) is 13.0 Å². The quantitative estimate of drug-likeness (QED) is 0.841. The lowest BCUT2D eigenvalue weighted by Crippen LogP contribution is -2.27. The number of pyridine rings is 1. The molecule has 1 rings (SSSR count). The smallest absolute Gasteiger partial charge is 0.271 e. The number of rotatable bonds is 4. The van der Waals surface area contributed by atoms with Crippen LogP contribution in [-0.4, -0.2) is 15.5 Å². The lowest BCUT2D eigenvalue weighted by molar-refractivity contribution is 0.0934. The van der Waals surface area contributed by atoms with Gasteiger partial charge in [-0.2, -0.15) is 5.26 Å². The number of carbonyl (C=O) groups is 1. The molecule has 5 nitrogen and oxygen atoms in total. The van der Waals surface area contributed by atoms with E-state index in [9.17, 15) is 14.7 Å². The van der Waals surface area contributed by atoms with Crippen molar-refractivity contribution in [2.75, 3.05) is 0 Å². The van der Waals surface area contributed by atoms with Crippen LogP contribution in [0.25, 0.3) is 0 Å². The summed E-state index contributed by atoms with van der Waals surface area (Å²) in [6.07, 6.45) is 0.622. The Morgan fingerprint density at radius 1 is 1.47 bits per heavy atom. The molecule has 0 atom stereocenters. The standard InChI is InChI=1S/C14H18N2O3/c1-5-6-16-13(18)10(7-15)9(4)11(14(16)19)12(17)8(2)3/h8,19H,5-6H2,1-4H3. The van der Waals surface area contributed by atoms with E-state index in [0.717, 1.165) is 4.57 Å². The van der Waals surface area contributed by atoms with E-state index in [0.29, 0.717) is 6.42 Å². The first kappa shape index (κ1) is 15.0. The number of nitrogens with zero attached hydrogens (tertiary/aromatic N) is 2. The molecule has 0 spiro atoms. The number of nitriles is 1. The summed E-state index contributed by atoms with van der Waals surface area (Å²) in [5, 5.41) is 19.2. The lowest BCUT2D eigenvalue weighted by Gasteiger charge is -2.16. The third-order valence-electron chi connectivity index (χ3n) is 3.02. The number of hydrogen-bond donors (Lipinski definition) is 1. The molecule has 0 bridgehead atoms. The number of aromatic nitrogens is 1. The monoisotopic (exact) mass is 262 g/mol. The number of Topliss-reactive ketones (excluding diaryl/α,β-unsaturated/α-hetero) is 1. The highest BCUT2D eigenvalue weighted by Crippen LogP contribution is 2.24. The van der Waals surface area contributed by atoms with Gasteiger partial charge in [-0.15, -0.1) is 0 Å². The van der Waals surface area contributed by atoms with Crippen molar-refractivity contribution in [3.05, 3.63) is 27.0 Å². The van der Waals surface area contributed by atoms with Gasteiger partial charge in [0.25, 0.3) is 5.56 Å². The first-order valence-electron chi connectivity index (χ1n) is 6.27. The van der Waals surface area contributed by atoms with Crippen LogP contribution in [-0.2, 0) is 6.54 Å². The van der Waals surface area contributed by atoms with Gasteiger partial charge < -0.3 is 5.11 Å². The molecule has 0 amide bonds. The average molecular weight is 262 g/mol. The number of aromatic hydroxyl groups is 1.